The maximum Gasteiger partial charge on any atom is 0.337 e. The van der Waals surface area contributed by atoms with Crippen molar-refractivity contribution in [1.82, 2.24) is 20.3 Å². The highest BCUT2D eigenvalue weighted by atomic mass is 16.5. The summed E-state index contributed by atoms with van der Waals surface area (Å²) in [5.74, 6) is -0.852. The minimum atomic E-state index is -0.993. The largest absolute Gasteiger partial charge is 0.465 e. The molecular weight excluding hydrogens is 494 g/mol. The number of esters is 1. The average molecular weight is 528 g/mol. The first-order chi connectivity index (χ1) is 18.8. The molecule has 0 radical (unpaired) electrons. The normalized spacial score (nSPS) is 11.8. The number of hydrogen-bond donors (Lipinski definition) is 1. The van der Waals surface area contributed by atoms with Gasteiger partial charge in [-0.1, -0.05) is 67.1 Å². The van der Waals surface area contributed by atoms with E-state index in [0.717, 1.165) is 12.0 Å². The van der Waals surface area contributed by atoms with Crippen molar-refractivity contribution < 1.29 is 19.1 Å². The fourth-order valence-electron chi connectivity index (χ4n) is 4.32. The lowest BCUT2D eigenvalue weighted by Crippen LogP contribution is -2.45. The number of benzene rings is 3. The van der Waals surface area contributed by atoms with E-state index in [-0.39, 0.29) is 18.0 Å². The zero-order chi connectivity index (χ0) is 27.9. The van der Waals surface area contributed by atoms with Gasteiger partial charge >= 0.3 is 5.97 Å². The van der Waals surface area contributed by atoms with Gasteiger partial charge in [0.1, 0.15) is 18.1 Å². The van der Waals surface area contributed by atoms with Crippen LogP contribution in [0.3, 0.4) is 0 Å². The van der Waals surface area contributed by atoms with E-state index in [1.54, 1.807) is 24.3 Å². The summed E-state index contributed by atoms with van der Waals surface area (Å²) in [4.78, 5) is 41.7. The predicted octanol–water partition coefficient (Wildman–Crippen LogP) is 4.46. The van der Waals surface area contributed by atoms with Crippen molar-refractivity contribution in [1.29, 1.82) is 0 Å². The second-order valence-electron chi connectivity index (χ2n) is 9.83. The van der Waals surface area contributed by atoms with Crippen LogP contribution in [0.15, 0.2) is 72.8 Å². The summed E-state index contributed by atoms with van der Waals surface area (Å²) in [6.45, 7) is 6.43. The molecule has 0 saturated carbocycles. The molecule has 0 spiro atoms. The number of para-hydroxylation sites is 1. The number of amides is 2. The molecule has 1 heterocycles. The number of carbonyl (C=O) groups excluding carboxylic acids is 3. The Morgan fingerprint density at radius 2 is 1.74 bits per heavy atom. The number of carbonyl (C=O) groups is 3. The van der Waals surface area contributed by atoms with Crippen molar-refractivity contribution in [2.24, 2.45) is 5.92 Å². The third kappa shape index (κ3) is 6.49. The van der Waals surface area contributed by atoms with Crippen LogP contribution in [-0.2, 0) is 20.9 Å². The van der Waals surface area contributed by atoms with E-state index >= 15 is 0 Å². The number of aryl methyl sites for hydroxylation is 1. The summed E-state index contributed by atoms with van der Waals surface area (Å²) in [7, 11) is 1.30. The van der Waals surface area contributed by atoms with Gasteiger partial charge < -0.3 is 10.1 Å². The number of rotatable bonds is 10. The maximum atomic E-state index is 14.1. The molecule has 0 bridgehead atoms. The van der Waals surface area contributed by atoms with Crippen molar-refractivity contribution in [3.63, 3.8) is 0 Å². The topological polar surface area (TPSA) is 106 Å². The minimum Gasteiger partial charge on any atom is -0.465 e. The summed E-state index contributed by atoms with van der Waals surface area (Å²) in [6.07, 6.45) is 0.795. The van der Waals surface area contributed by atoms with Crippen LogP contribution < -0.4 is 10.2 Å². The lowest BCUT2D eigenvalue weighted by atomic mass is 10.0. The van der Waals surface area contributed by atoms with Crippen LogP contribution in [0.1, 0.15) is 47.8 Å². The Balaban J connectivity index is 1.81. The number of anilines is 1. The molecule has 0 fully saturated rings. The molecular formula is C30H33N5O4. The molecule has 4 rings (SSSR count). The van der Waals surface area contributed by atoms with Crippen LogP contribution >= 0.6 is 0 Å². The van der Waals surface area contributed by atoms with Gasteiger partial charge in [-0.3, -0.25) is 14.5 Å². The first-order valence-corrected chi connectivity index (χ1v) is 12.9. The van der Waals surface area contributed by atoms with Crippen LogP contribution in [0.5, 0.6) is 0 Å². The van der Waals surface area contributed by atoms with Gasteiger partial charge in [-0.15, -0.1) is 5.10 Å². The van der Waals surface area contributed by atoms with Crippen LogP contribution in [0.25, 0.3) is 11.0 Å². The Morgan fingerprint density at radius 3 is 2.46 bits per heavy atom. The zero-order valence-corrected chi connectivity index (χ0v) is 22.6. The van der Waals surface area contributed by atoms with Gasteiger partial charge in [-0.2, -0.15) is 0 Å². The molecule has 1 unspecified atom stereocenters. The van der Waals surface area contributed by atoms with E-state index in [4.69, 9.17) is 4.74 Å². The van der Waals surface area contributed by atoms with Gasteiger partial charge in [0.25, 0.3) is 0 Å². The van der Waals surface area contributed by atoms with Gasteiger partial charge in [0.2, 0.25) is 11.8 Å². The molecule has 9 heteroatoms. The van der Waals surface area contributed by atoms with Gasteiger partial charge in [0, 0.05) is 12.2 Å². The number of methoxy groups -OCH3 is 1. The fraction of sp³-hybridized carbons (Fsp3) is 0.300. The van der Waals surface area contributed by atoms with E-state index in [0.29, 0.717) is 34.7 Å². The maximum absolute atomic E-state index is 14.1. The third-order valence-corrected chi connectivity index (χ3v) is 6.44. The monoisotopic (exact) mass is 527 g/mol. The molecule has 202 valence electrons. The van der Waals surface area contributed by atoms with Gasteiger partial charge in [-0.25, -0.2) is 9.48 Å². The number of hydrogen-bond acceptors (Lipinski definition) is 6. The van der Waals surface area contributed by atoms with Crippen LogP contribution in [0, 0.1) is 12.8 Å². The Kier molecular flexibility index (Phi) is 8.70. The fourth-order valence-corrected chi connectivity index (χ4v) is 4.32. The minimum absolute atomic E-state index is 0.162. The van der Waals surface area contributed by atoms with Gasteiger partial charge in [-0.05, 0) is 55.2 Å². The highest BCUT2D eigenvalue weighted by Gasteiger charge is 2.33. The highest BCUT2D eigenvalue weighted by molar-refractivity contribution is 6.02. The van der Waals surface area contributed by atoms with Crippen molar-refractivity contribution in [2.45, 2.75) is 39.8 Å². The molecule has 1 N–H and O–H groups in total. The standard InChI is InChI=1S/C30H33N5O4/c1-20(2)16-17-31-29(37)28(22-14-12-21(3)13-15-22)35(24-9-7-8-23(18-24)30(38)39-4)27(36)19-34-26-11-6-5-10-25(26)32-33-34/h5-15,18,20,28H,16-17,19H2,1-4H3,(H,31,37). The van der Waals surface area contributed by atoms with E-state index in [2.05, 4.69) is 29.5 Å². The second kappa shape index (κ2) is 12.3. The first kappa shape index (κ1) is 27.5. The lowest BCUT2D eigenvalue weighted by molar-refractivity contribution is -0.127. The van der Waals surface area contributed by atoms with E-state index in [1.807, 2.05) is 55.5 Å². The number of nitrogens with one attached hydrogen (secondary N) is 1. The molecule has 4 aromatic rings. The molecule has 1 aromatic heterocycles. The first-order valence-electron chi connectivity index (χ1n) is 12.9. The van der Waals surface area contributed by atoms with Crippen LogP contribution in [0.4, 0.5) is 5.69 Å². The molecule has 3 aromatic carbocycles. The third-order valence-electron chi connectivity index (χ3n) is 6.44. The van der Waals surface area contributed by atoms with E-state index in [1.165, 1.54) is 16.7 Å². The number of nitrogens with zero attached hydrogens (tertiary/aromatic N) is 4. The molecule has 0 aliphatic carbocycles. The summed E-state index contributed by atoms with van der Waals surface area (Å²) in [5.41, 5.74) is 3.67. The molecule has 9 nitrogen and oxygen atoms in total. The highest BCUT2D eigenvalue weighted by Crippen LogP contribution is 2.30. The molecule has 0 saturated heterocycles. The van der Waals surface area contributed by atoms with Crippen LogP contribution in [-0.4, -0.2) is 46.4 Å². The molecule has 2 amide bonds. The molecule has 0 aliphatic rings. The Hall–Kier alpha value is -4.53. The number of aromatic nitrogens is 3. The quantitative estimate of drug-likeness (QED) is 0.305. The summed E-state index contributed by atoms with van der Waals surface area (Å²) >= 11 is 0. The molecule has 39 heavy (non-hydrogen) atoms. The smallest absolute Gasteiger partial charge is 0.337 e. The van der Waals surface area contributed by atoms with Crippen molar-refractivity contribution in [3.05, 3.63) is 89.5 Å². The number of fused-ring (bicyclic) bond motifs is 1. The summed E-state index contributed by atoms with van der Waals surface area (Å²) in [5, 5.41) is 11.3. The van der Waals surface area contributed by atoms with Gasteiger partial charge in [0.15, 0.2) is 0 Å². The summed E-state index contributed by atoms with van der Waals surface area (Å²) < 4.78 is 6.41. The van der Waals surface area contributed by atoms with Crippen LogP contribution in [0.2, 0.25) is 0 Å². The van der Waals surface area contributed by atoms with Gasteiger partial charge in [0.05, 0.1) is 18.2 Å². The Morgan fingerprint density at radius 1 is 1.00 bits per heavy atom. The predicted molar refractivity (Wildman–Crippen MR) is 149 cm³/mol. The zero-order valence-electron chi connectivity index (χ0n) is 22.6. The molecule has 0 aliphatic heterocycles. The average Bonchev–Trinajstić information content (AvgIpc) is 3.34. The SMILES string of the molecule is COC(=O)c1cccc(N(C(=O)Cn2nnc3ccccc32)C(C(=O)NCCC(C)C)c2ccc(C)cc2)c1. The van der Waals surface area contributed by atoms with Crippen molar-refractivity contribution >= 4 is 34.5 Å². The van der Waals surface area contributed by atoms with E-state index in [9.17, 15) is 14.4 Å². The lowest BCUT2D eigenvalue weighted by Gasteiger charge is -2.32. The Labute approximate surface area is 227 Å². The Bertz CT molecular complexity index is 1460. The second-order valence-corrected chi connectivity index (χ2v) is 9.83. The summed E-state index contributed by atoms with van der Waals surface area (Å²) in [6, 6.07) is 20.4. The van der Waals surface area contributed by atoms with E-state index < -0.39 is 17.9 Å². The van der Waals surface area contributed by atoms with Crippen molar-refractivity contribution in [3.8, 4) is 0 Å². The molecule has 1 atom stereocenters. The van der Waals surface area contributed by atoms with Crippen molar-refractivity contribution in [2.75, 3.05) is 18.6 Å². The number of ether oxygens (including phenoxy) is 1.